The van der Waals surface area contributed by atoms with Crippen molar-refractivity contribution in [1.29, 1.82) is 0 Å². The zero-order valence-electron chi connectivity index (χ0n) is 17.1. The summed E-state index contributed by atoms with van der Waals surface area (Å²) in [5, 5.41) is 7.29. The van der Waals surface area contributed by atoms with E-state index in [0.717, 1.165) is 11.5 Å². The van der Waals surface area contributed by atoms with E-state index < -0.39 is 5.60 Å². The number of pyridine rings is 1. The highest BCUT2D eigenvalue weighted by Gasteiger charge is 2.22. The monoisotopic (exact) mass is 373 g/mol. The lowest BCUT2D eigenvalue weighted by Gasteiger charge is -2.28. The number of nitrogens with zero attached hydrogens (tertiary/aromatic N) is 1. The zero-order chi connectivity index (χ0) is 19.3. The molecule has 0 aromatic carbocycles. The standard InChI is InChI=1S/C22H35N3O2/c1-22(2,3)27-21(26)16-14-19(24-17-10-6-4-7-11-17)20(23-15-16)25-18-12-8-5-9-13-18/h14-15,17-18,24H,4-13H2,1-3H3,(H,23,25). The van der Waals surface area contributed by atoms with Crippen molar-refractivity contribution in [3.63, 3.8) is 0 Å². The molecule has 0 saturated heterocycles. The van der Waals surface area contributed by atoms with Gasteiger partial charge in [0, 0.05) is 18.3 Å². The highest BCUT2D eigenvalue weighted by Crippen LogP contribution is 2.29. The maximum Gasteiger partial charge on any atom is 0.340 e. The van der Waals surface area contributed by atoms with Crippen LogP contribution in [0.2, 0.25) is 0 Å². The van der Waals surface area contributed by atoms with Crippen LogP contribution in [-0.2, 0) is 4.74 Å². The molecule has 0 bridgehead atoms. The number of rotatable bonds is 5. The minimum Gasteiger partial charge on any atom is -0.456 e. The Hall–Kier alpha value is -1.78. The van der Waals surface area contributed by atoms with Gasteiger partial charge in [-0.1, -0.05) is 38.5 Å². The van der Waals surface area contributed by atoms with Gasteiger partial charge in [-0.2, -0.15) is 0 Å². The molecule has 0 atom stereocenters. The van der Waals surface area contributed by atoms with Crippen molar-refractivity contribution in [2.75, 3.05) is 10.6 Å². The SMILES string of the molecule is CC(C)(C)OC(=O)c1cnc(NC2CCCCC2)c(NC2CCCCC2)c1. The van der Waals surface area contributed by atoms with Gasteiger partial charge in [0.1, 0.15) is 11.4 Å². The number of anilines is 2. The molecule has 0 spiro atoms. The lowest BCUT2D eigenvalue weighted by molar-refractivity contribution is 0.00692. The third kappa shape index (κ3) is 6.12. The van der Waals surface area contributed by atoms with Gasteiger partial charge >= 0.3 is 5.97 Å². The number of esters is 1. The smallest absolute Gasteiger partial charge is 0.340 e. The molecule has 2 aliphatic rings. The third-order valence-corrected chi connectivity index (χ3v) is 5.43. The van der Waals surface area contributed by atoms with Gasteiger partial charge in [-0.3, -0.25) is 0 Å². The van der Waals surface area contributed by atoms with Crippen LogP contribution >= 0.6 is 0 Å². The summed E-state index contributed by atoms with van der Waals surface area (Å²) in [6.45, 7) is 5.66. The molecular formula is C22H35N3O2. The molecule has 0 amide bonds. The van der Waals surface area contributed by atoms with E-state index in [2.05, 4.69) is 15.6 Å². The number of carbonyl (C=O) groups is 1. The predicted octanol–water partition coefficient (Wildman–Crippen LogP) is 5.53. The summed E-state index contributed by atoms with van der Waals surface area (Å²) in [5.41, 5.74) is 0.945. The van der Waals surface area contributed by atoms with Gasteiger partial charge in [-0.05, 0) is 52.5 Å². The van der Waals surface area contributed by atoms with E-state index in [1.54, 1.807) is 6.20 Å². The Kier molecular flexibility index (Phi) is 6.61. The average Bonchev–Trinajstić information content (AvgIpc) is 2.63. The van der Waals surface area contributed by atoms with Gasteiger partial charge < -0.3 is 15.4 Å². The number of ether oxygens (including phenoxy) is 1. The lowest BCUT2D eigenvalue weighted by atomic mass is 9.95. The molecule has 2 fully saturated rings. The number of hydrogen-bond donors (Lipinski definition) is 2. The Labute approximate surface area is 163 Å². The summed E-state index contributed by atoms with van der Waals surface area (Å²) >= 11 is 0. The first-order chi connectivity index (χ1) is 12.9. The van der Waals surface area contributed by atoms with Gasteiger partial charge in [0.25, 0.3) is 0 Å². The predicted molar refractivity (Wildman–Crippen MR) is 110 cm³/mol. The Morgan fingerprint density at radius 3 is 2.07 bits per heavy atom. The fraction of sp³-hybridized carbons (Fsp3) is 0.727. The van der Waals surface area contributed by atoms with Gasteiger partial charge in [-0.25, -0.2) is 9.78 Å². The molecule has 3 rings (SSSR count). The second-order valence-corrected chi connectivity index (χ2v) is 9.08. The van der Waals surface area contributed by atoms with Crippen LogP contribution in [0.25, 0.3) is 0 Å². The maximum atomic E-state index is 12.5. The molecule has 1 aromatic heterocycles. The Bertz CT molecular complexity index is 627. The first-order valence-electron chi connectivity index (χ1n) is 10.7. The van der Waals surface area contributed by atoms with E-state index in [9.17, 15) is 4.79 Å². The fourth-order valence-corrected chi connectivity index (χ4v) is 4.05. The second-order valence-electron chi connectivity index (χ2n) is 9.08. The highest BCUT2D eigenvalue weighted by atomic mass is 16.6. The molecule has 2 N–H and O–H groups in total. The molecular weight excluding hydrogens is 338 g/mol. The quantitative estimate of drug-likeness (QED) is 0.665. The normalized spacial score (nSPS) is 19.5. The second kappa shape index (κ2) is 8.94. The third-order valence-electron chi connectivity index (χ3n) is 5.43. The van der Waals surface area contributed by atoms with Crippen LogP contribution in [0.5, 0.6) is 0 Å². The van der Waals surface area contributed by atoms with E-state index in [1.165, 1.54) is 64.2 Å². The minimum absolute atomic E-state index is 0.314. The van der Waals surface area contributed by atoms with Gasteiger partial charge in [-0.15, -0.1) is 0 Å². The maximum absolute atomic E-state index is 12.5. The van der Waals surface area contributed by atoms with Crippen LogP contribution in [0.3, 0.4) is 0 Å². The van der Waals surface area contributed by atoms with Crippen molar-refractivity contribution < 1.29 is 9.53 Å². The van der Waals surface area contributed by atoms with E-state index in [-0.39, 0.29) is 5.97 Å². The lowest BCUT2D eigenvalue weighted by Crippen LogP contribution is -2.27. The van der Waals surface area contributed by atoms with Crippen molar-refractivity contribution in [3.05, 3.63) is 17.8 Å². The largest absolute Gasteiger partial charge is 0.456 e. The summed E-state index contributed by atoms with van der Waals surface area (Å²) in [7, 11) is 0. The van der Waals surface area contributed by atoms with E-state index in [1.807, 2.05) is 26.8 Å². The summed E-state index contributed by atoms with van der Waals surface area (Å²) < 4.78 is 5.53. The molecule has 2 saturated carbocycles. The van der Waals surface area contributed by atoms with E-state index in [4.69, 9.17) is 4.74 Å². The van der Waals surface area contributed by atoms with Crippen LogP contribution in [0.15, 0.2) is 12.3 Å². The Morgan fingerprint density at radius 1 is 0.963 bits per heavy atom. The summed E-state index contributed by atoms with van der Waals surface area (Å²) in [5.74, 6) is 0.561. The molecule has 0 aliphatic heterocycles. The highest BCUT2D eigenvalue weighted by molar-refractivity contribution is 5.91. The summed E-state index contributed by atoms with van der Waals surface area (Å²) in [4.78, 5) is 17.1. The number of nitrogens with one attached hydrogen (secondary N) is 2. The molecule has 0 unspecified atom stereocenters. The molecule has 1 heterocycles. The van der Waals surface area contributed by atoms with Gasteiger partial charge in [0.05, 0.1) is 11.3 Å². The molecule has 27 heavy (non-hydrogen) atoms. The minimum atomic E-state index is -0.507. The topological polar surface area (TPSA) is 63.2 Å². The van der Waals surface area contributed by atoms with Crippen LogP contribution in [0.1, 0.15) is 95.3 Å². The number of carbonyl (C=O) groups excluding carboxylic acids is 1. The van der Waals surface area contributed by atoms with Crippen LogP contribution in [-0.4, -0.2) is 28.6 Å². The molecule has 0 radical (unpaired) electrons. The van der Waals surface area contributed by atoms with Crippen LogP contribution in [0, 0.1) is 0 Å². The Morgan fingerprint density at radius 2 is 1.52 bits per heavy atom. The van der Waals surface area contributed by atoms with Crippen LogP contribution < -0.4 is 10.6 Å². The van der Waals surface area contributed by atoms with Gasteiger partial charge in [0.2, 0.25) is 0 Å². The van der Waals surface area contributed by atoms with Crippen molar-refractivity contribution >= 4 is 17.5 Å². The van der Waals surface area contributed by atoms with E-state index in [0.29, 0.717) is 17.6 Å². The van der Waals surface area contributed by atoms with Gasteiger partial charge in [0.15, 0.2) is 0 Å². The first kappa shape index (κ1) is 20.0. The van der Waals surface area contributed by atoms with Crippen molar-refractivity contribution in [2.24, 2.45) is 0 Å². The average molecular weight is 374 g/mol. The van der Waals surface area contributed by atoms with Crippen LogP contribution in [0.4, 0.5) is 11.5 Å². The number of hydrogen-bond acceptors (Lipinski definition) is 5. The zero-order valence-corrected chi connectivity index (χ0v) is 17.1. The van der Waals surface area contributed by atoms with Crippen molar-refractivity contribution in [2.45, 2.75) is 103 Å². The molecule has 150 valence electrons. The summed E-state index contributed by atoms with van der Waals surface area (Å²) in [6.07, 6.45) is 14.1. The Balaban J connectivity index is 1.78. The molecule has 5 heteroatoms. The molecule has 1 aromatic rings. The molecule has 5 nitrogen and oxygen atoms in total. The van der Waals surface area contributed by atoms with Crippen molar-refractivity contribution in [3.8, 4) is 0 Å². The molecule has 2 aliphatic carbocycles. The fourth-order valence-electron chi connectivity index (χ4n) is 4.05. The summed E-state index contributed by atoms with van der Waals surface area (Å²) in [6, 6.07) is 2.85. The van der Waals surface area contributed by atoms with Crippen molar-refractivity contribution in [1.82, 2.24) is 4.98 Å². The number of aromatic nitrogens is 1. The van der Waals surface area contributed by atoms with E-state index >= 15 is 0 Å². The first-order valence-corrected chi connectivity index (χ1v) is 10.7.